The summed E-state index contributed by atoms with van der Waals surface area (Å²) in [6.45, 7) is 1.36. The van der Waals surface area contributed by atoms with Crippen molar-refractivity contribution in [1.82, 2.24) is 15.1 Å². The van der Waals surface area contributed by atoms with E-state index in [0.29, 0.717) is 12.1 Å². The lowest BCUT2D eigenvalue weighted by Crippen LogP contribution is -2.39. The predicted molar refractivity (Wildman–Crippen MR) is 103 cm³/mol. The van der Waals surface area contributed by atoms with Crippen molar-refractivity contribution in [2.24, 2.45) is 0 Å². The zero-order chi connectivity index (χ0) is 18.6. The van der Waals surface area contributed by atoms with Crippen LogP contribution in [0.25, 0.3) is 0 Å². The number of halogens is 1. The SMILES string of the molecule is O=C(c1ccc(F)cc1)N1CCCC(c2nnc(Cc3ccccc3)s2)C1. The molecule has 1 amide bonds. The minimum absolute atomic E-state index is 0.0475. The maximum absolute atomic E-state index is 13.1. The van der Waals surface area contributed by atoms with Crippen molar-refractivity contribution in [2.45, 2.75) is 25.2 Å². The van der Waals surface area contributed by atoms with Gasteiger partial charge in [-0.25, -0.2) is 4.39 Å². The maximum atomic E-state index is 13.1. The molecule has 2 aromatic carbocycles. The molecule has 27 heavy (non-hydrogen) atoms. The zero-order valence-corrected chi connectivity index (χ0v) is 15.7. The molecule has 1 atom stereocenters. The van der Waals surface area contributed by atoms with E-state index in [-0.39, 0.29) is 17.6 Å². The molecular formula is C21H20FN3OS. The highest BCUT2D eigenvalue weighted by Gasteiger charge is 2.27. The van der Waals surface area contributed by atoms with Gasteiger partial charge >= 0.3 is 0 Å². The van der Waals surface area contributed by atoms with E-state index in [9.17, 15) is 9.18 Å². The molecule has 1 aromatic heterocycles. The summed E-state index contributed by atoms with van der Waals surface area (Å²) in [6.07, 6.45) is 2.72. The second-order valence-electron chi connectivity index (χ2n) is 6.79. The van der Waals surface area contributed by atoms with Crippen molar-refractivity contribution in [3.05, 3.63) is 81.6 Å². The van der Waals surface area contributed by atoms with E-state index in [1.54, 1.807) is 23.5 Å². The minimum Gasteiger partial charge on any atom is -0.338 e. The smallest absolute Gasteiger partial charge is 0.253 e. The summed E-state index contributed by atoms with van der Waals surface area (Å²) in [7, 11) is 0. The topological polar surface area (TPSA) is 46.1 Å². The Morgan fingerprint density at radius 3 is 2.67 bits per heavy atom. The summed E-state index contributed by atoms with van der Waals surface area (Å²) in [6, 6.07) is 16.0. The molecule has 2 heterocycles. The third-order valence-electron chi connectivity index (χ3n) is 4.83. The number of hydrogen-bond donors (Lipinski definition) is 0. The number of aromatic nitrogens is 2. The second-order valence-corrected chi connectivity index (χ2v) is 7.89. The van der Waals surface area contributed by atoms with Gasteiger partial charge in [-0.1, -0.05) is 30.3 Å². The van der Waals surface area contributed by atoms with Gasteiger partial charge in [0.15, 0.2) is 0 Å². The summed E-state index contributed by atoms with van der Waals surface area (Å²) in [5, 5.41) is 10.7. The molecule has 0 N–H and O–H groups in total. The van der Waals surface area contributed by atoms with Gasteiger partial charge in [0.2, 0.25) is 0 Å². The van der Waals surface area contributed by atoms with Gasteiger partial charge in [-0.05, 0) is 42.7 Å². The highest BCUT2D eigenvalue weighted by molar-refractivity contribution is 7.11. The molecule has 1 fully saturated rings. The molecule has 138 valence electrons. The molecule has 1 aliphatic heterocycles. The number of benzene rings is 2. The first-order valence-electron chi connectivity index (χ1n) is 9.10. The van der Waals surface area contributed by atoms with Crippen LogP contribution in [0, 0.1) is 5.82 Å². The lowest BCUT2D eigenvalue weighted by molar-refractivity contribution is 0.0707. The predicted octanol–water partition coefficient (Wildman–Crippen LogP) is 4.29. The average molecular weight is 381 g/mol. The van der Waals surface area contributed by atoms with E-state index in [1.807, 2.05) is 23.1 Å². The van der Waals surface area contributed by atoms with Crippen molar-refractivity contribution in [3.8, 4) is 0 Å². The molecule has 4 nitrogen and oxygen atoms in total. The van der Waals surface area contributed by atoms with Gasteiger partial charge in [-0.2, -0.15) is 0 Å². The Labute approximate surface area is 161 Å². The summed E-state index contributed by atoms with van der Waals surface area (Å²) >= 11 is 1.64. The standard InChI is InChI=1S/C21H20FN3OS/c22-18-10-8-16(9-11-18)21(26)25-12-4-7-17(14-25)20-24-23-19(27-20)13-15-5-2-1-3-6-15/h1-3,5-6,8-11,17H,4,7,12-14H2. The number of piperidine rings is 1. The van der Waals surface area contributed by atoms with Crippen LogP contribution in [0.15, 0.2) is 54.6 Å². The summed E-state index contributed by atoms with van der Waals surface area (Å²) in [5.41, 5.74) is 1.75. The number of likely N-dealkylation sites (tertiary alicyclic amines) is 1. The Morgan fingerprint density at radius 1 is 1.11 bits per heavy atom. The van der Waals surface area contributed by atoms with E-state index >= 15 is 0 Å². The monoisotopic (exact) mass is 381 g/mol. The van der Waals surface area contributed by atoms with E-state index < -0.39 is 0 Å². The molecule has 0 saturated carbocycles. The maximum Gasteiger partial charge on any atom is 0.253 e. The lowest BCUT2D eigenvalue weighted by Gasteiger charge is -2.31. The van der Waals surface area contributed by atoms with Crippen molar-refractivity contribution in [1.29, 1.82) is 0 Å². The summed E-state index contributed by atoms with van der Waals surface area (Å²) in [5.74, 6) is -0.165. The number of rotatable bonds is 4. The number of carbonyl (C=O) groups is 1. The Morgan fingerprint density at radius 2 is 1.89 bits per heavy atom. The Balaban J connectivity index is 1.44. The average Bonchev–Trinajstić information content (AvgIpc) is 3.17. The zero-order valence-electron chi connectivity index (χ0n) is 14.8. The Hall–Kier alpha value is -2.60. The number of carbonyl (C=O) groups excluding carboxylic acids is 1. The largest absolute Gasteiger partial charge is 0.338 e. The van der Waals surface area contributed by atoms with Gasteiger partial charge in [-0.3, -0.25) is 4.79 Å². The van der Waals surface area contributed by atoms with Crippen LogP contribution >= 0.6 is 11.3 Å². The molecule has 1 saturated heterocycles. The van der Waals surface area contributed by atoms with Crippen molar-refractivity contribution >= 4 is 17.2 Å². The van der Waals surface area contributed by atoms with Gasteiger partial charge < -0.3 is 4.90 Å². The molecule has 0 spiro atoms. The van der Waals surface area contributed by atoms with Crippen LogP contribution in [0.4, 0.5) is 4.39 Å². The molecule has 0 aliphatic carbocycles. The van der Waals surface area contributed by atoms with Gasteiger partial charge in [-0.15, -0.1) is 21.5 Å². The van der Waals surface area contributed by atoms with Crippen LogP contribution < -0.4 is 0 Å². The first kappa shape index (κ1) is 17.8. The number of hydrogen-bond acceptors (Lipinski definition) is 4. The lowest BCUT2D eigenvalue weighted by atomic mass is 9.98. The molecule has 3 aromatic rings. The van der Waals surface area contributed by atoms with Crippen LogP contribution in [0.3, 0.4) is 0 Å². The van der Waals surface area contributed by atoms with Crippen LogP contribution in [0.1, 0.15) is 44.7 Å². The van der Waals surface area contributed by atoms with E-state index in [0.717, 1.165) is 35.8 Å². The minimum atomic E-state index is -0.331. The quantitative estimate of drug-likeness (QED) is 0.677. The van der Waals surface area contributed by atoms with Gasteiger partial charge in [0.25, 0.3) is 5.91 Å². The van der Waals surface area contributed by atoms with Crippen LogP contribution in [-0.4, -0.2) is 34.1 Å². The Kier molecular flexibility index (Phi) is 5.25. The normalized spacial score (nSPS) is 17.1. The van der Waals surface area contributed by atoms with Crippen molar-refractivity contribution in [2.75, 3.05) is 13.1 Å². The summed E-state index contributed by atoms with van der Waals surface area (Å²) in [4.78, 5) is 14.6. The first-order valence-corrected chi connectivity index (χ1v) is 9.92. The third-order valence-corrected chi connectivity index (χ3v) is 5.92. The molecule has 6 heteroatoms. The van der Waals surface area contributed by atoms with Crippen LogP contribution in [0.5, 0.6) is 0 Å². The third kappa shape index (κ3) is 4.22. The fraction of sp³-hybridized carbons (Fsp3) is 0.286. The van der Waals surface area contributed by atoms with Gasteiger partial charge in [0, 0.05) is 31.0 Å². The van der Waals surface area contributed by atoms with Crippen molar-refractivity contribution < 1.29 is 9.18 Å². The van der Waals surface area contributed by atoms with Crippen LogP contribution in [0.2, 0.25) is 0 Å². The van der Waals surface area contributed by atoms with Crippen molar-refractivity contribution in [3.63, 3.8) is 0 Å². The summed E-state index contributed by atoms with van der Waals surface area (Å²) < 4.78 is 13.1. The van der Waals surface area contributed by atoms with Gasteiger partial charge in [0.05, 0.1) is 0 Å². The fourth-order valence-electron chi connectivity index (χ4n) is 3.41. The molecular weight excluding hydrogens is 361 g/mol. The van der Waals surface area contributed by atoms with E-state index in [1.165, 1.54) is 17.7 Å². The second kappa shape index (κ2) is 7.96. The van der Waals surface area contributed by atoms with Crippen LogP contribution in [-0.2, 0) is 6.42 Å². The van der Waals surface area contributed by atoms with E-state index in [2.05, 4.69) is 22.3 Å². The highest BCUT2D eigenvalue weighted by Crippen LogP contribution is 2.30. The number of nitrogens with zero attached hydrogens (tertiary/aromatic N) is 3. The number of amides is 1. The molecule has 0 bridgehead atoms. The fourth-order valence-corrected chi connectivity index (χ4v) is 4.41. The Bertz CT molecular complexity index is 911. The van der Waals surface area contributed by atoms with Gasteiger partial charge in [0.1, 0.15) is 15.8 Å². The van der Waals surface area contributed by atoms with E-state index in [4.69, 9.17) is 0 Å². The molecule has 0 radical (unpaired) electrons. The molecule has 1 aliphatic rings. The highest BCUT2D eigenvalue weighted by atomic mass is 32.1. The first-order chi connectivity index (χ1) is 13.2. The molecule has 4 rings (SSSR count). The molecule has 1 unspecified atom stereocenters.